The van der Waals surface area contributed by atoms with Crippen molar-refractivity contribution in [3.05, 3.63) is 51.2 Å². The molecule has 2 aliphatic rings. The number of rotatable bonds is 4. The second-order valence-electron chi connectivity index (χ2n) is 8.23. The lowest BCUT2D eigenvalue weighted by atomic mass is 9.97. The van der Waals surface area contributed by atoms with Crippen LogP contribution >= 0.6 is 11.3 Å². The van der Waals surface area contributed by atoms with E-state index in [-0.39, 0.29) is 6.61 Å². The molecule has 1 unspecified atom stereocenters. The van der Waals surface area contributed by atoms with Crippen LogP contribution in [-0.2, 0) is 29.0 Å². The van der Waals surface area contributed by atoms with E-state index in [1.807, 2.05) is 6.92 Å². The Kier molecular flexibility index (Phi) is 4.93. The van der Waals surface area contributed by atoms with Crippen LogP contribution in [0.3, 0.4) is 0 Å². The van der Waals surface area contributed by atoms with Crippen molar-refractivity contribution in [3.8, 4) is 0 Å². The van der Waals surface area contributed by atoms with Gasteiger partial charge in [-0.25, -0.2) is 14.8 Å². The highest BCUT2D eigenvalue weighted by Gasteiger charge is 2.41. The van der Waals surface area contributed by atoms with Gasteiger partial charge in [0.25, 0.3) is 11.8 Å². The molecule has 0 spiro atoms. The van der Waals surface area contributed by atoms with Crippen molar-refractivity contribution in [1.29, 1.82) is 0 Å². The number of imide groups is 1. The van der Waals surface area contributed by atoms with Gasteiger partial charge >= 0.3 is 5.97 Å². The first-order valence-electron chi connectivity index (χ1n) is 10.6. The van der Waals surface area contributed by atoms with Crippen LogP contribution in [0.5, 0.6) is 0 Å². The summed E-state index contributed by atoms with van der Waals surface area (Å²) in [6.07, 6.45) is 4.30. The number of aryl methyl sites for hydroxylation is 3. The Balaban J connectivity index is 1.32. The van der Waals surface area contributed by atoms with Crippen molar-refractivity contribution in [1.82, 2.24) is 14.9 Å². The maximum atomic E-state index is 12.7. The molecule has 0 bridgehead atoms. The second kappa shape index (κ2) is 7.67. The number of amides is 2. The first-order chi connectivity index (χ1) is 15.3. The maximum absolute atomic E-state index is 12.7. The molecule has 3 heterocycles. The summed E-state index contributed by atoms with van der Waals surface area (Å²) >= 11 is 1.61. The Hall–Kier alpha value is -3.33. The van der Waals surface area contributed by atoms with E-state index in [1.165, 1.54) is 17.4 Å². The fourth-order valence-corrected chi connectivity index (χ4v) is 5.67. The van der Waals surface area contributed by atoms with Crippen LogP contribution < -0.4 is 5.73 Å². The van der Waals surface area contributed by atoms with E-state index >= 15 is 0 Å². The molecular formula is C23H22N4O4S. The minimum atomic E-state index is -1.07. The Morgan fingerprint density at radius 1 is 1.19 bits per heavy atom. The lowest BCUT2D eigenvalue weighted by Crippen LogP contribution is -2.43. The van der Waals surface area contributed by atoms with Crippen LogP contribution in [0, 0.1) is 6.92 Å². The lowest BCUT2D eigenvalue weighted by Gasteiger charge is -2.20. The van der Waals surface area contributed by atoms with Crippen LogP contribution in [-0.4, -0.2) is 38.7 Å². The van der Waals surface area contributed by atoms with Crippen LogP contribution in [0.15, 0.2) is 18.2 Å². The molecule has 0 saturated heterocycles. The number of carbonyl (C=O) groups is 3. The van der Waals surface area contributed by atoms with Gasteiger partial charge in [-0.2, -0.15) is 0 Å². The molecule has 0 fully saturated rings. The summed E-state index contributed by atoms with van der Waals surface area (Å²) in [6, 6.07) is 3.95. The molecule has 1 aliphatic carbocycles. The van der Waals surface area contributed by atoms with Gasteiger partial charge in [-0.3, -0.25) is 14.5 Å². The third-order valence-corrected chi connectivity index (χ3v) is 7.22. The number of nitrogens with zero attached hydrogens (tertiary/aromatic N) is 3. The molecular weight excluding hydrogens is 428 g/mol. The molecule has 0 radical (unpaired) electrons. The number of anilines is 1. The number of benzene rings is 1. The average molecular weight is 451 g/mol. The number of nitrogen functional groups attached to an aromatic ring is 1. The third-order valence-electron chi connectivity index (χ3n) is 6.03. The molecule has 164 valence electrons. The molecule has 1 aromatic carbocycles. The predicted octanol–water partition coefficient (Wildman–Crippen LogP) is 3.19. The summed E-state index contributed by atoms with van der Waals surface area (Å²) in [5.74, 6) is -1.01. The number of hydrogen-bond donors (Lipinski definition) is 1. The molecule has 5 rings (SSSR count). The van der Waals surface area contributed by atoms with E-state index in [1.54, 1.807) is 29.5 Å². The van der Waals surface area contributed by atoms with E-state index in [4.69, 9.17) is 10.5 Å². The fraction of sp³-hybridized carbons (Fsp3) is 0.348. The summed E-state index contributed by atoms with van der Waals surface area (Å²) in [7, 11) is 0. The molecule has 0 saturated carbocycles. The fourth-order valence-electron chi connectivity index (χ4n) is 4.38. The number of nitrogens with two attached hydrogens (primary N) is 1. The molecule has 2 amide bonds. The van der Waals surface area contributed by atoms with E-state index in [9.17, 15) is 14.4 Å². The monoisotopic (exact) mass is 450 g/mol. The van der Waals surface area contributed by atoms with Gasteiger partial charge < -0.3 is 10.5 Å². The third kappa shape index (κ3) is 3.24. The quantitative estimate of drug-likeness (QED) is 0.479. The van der Waals surface area contributed by atoms with Gasteiger partial charge in [-0.05, 0) is 57.2 Å². The number of thiophene rings is 1. The van der Waals surface area contributed by atoms with Crippen molar-refractivity contribution in [2.45, 2.75) is 52.2 Å². The number of ether oxygens (including phenoxy) is 1. The highest BCUT2D eigenvalue weighted by atomic mass is 32.1. The van der Waals surface area contributed by atoms with Gasteiger partial charge in [0, 0.05) is 4.88 Å². The highest BCUT2D eigenvalue weighted by molar-refractivity contribution is 7.19. The SMILES string of the molecule is Cc1ccc2c(c1)C(=O)N(C(C)C(=O)OCc1nc(N)c3c4c(sc3n1)CCCC4)C2=O. The van der Waals surface area contributed by atoms with Gasteiger partial charge in [0.2, 0.25) is 0 Å². The summed E-state index contributed by atoms with van der Waals surface area (Å²) in [4.78, 5) is 50.0. The second-order valence-corrected chi connectivity index (χ2v) is 9.31. The average Bonchev–Trinajstić information content (AvgIpc) is 3.26. The van der Waals surface area contributed by atoms with Gasteiger partial charge in [0.1, 0.15) is 16.7 Å². The zero-order valence-corrected chi connectivity index (χ0v) is 18.6. The van der Waals surface area contributed by atoms with Crippen LogP contribution in [0.4, 0.5) is 5.82 Å². The van der Waals surface area contributed by atoms with Gasteiger partial charge in [0.05, 0.1) is 16.5 Å². The Labute approximate surface area is 188 Å². The summed E-state index contributed by atoms with van der Waals surface area (Å²) < 4.78 is 5.37. The predicted molar refractivity (Wildman–Crippen MR) is 119 cm³/mol. The Morgan fingerprint density at radius 2 is 1.94 bits per heavy atom. The summed E-state index contributed by atoms with van der Waals surface area (Å²) in [6.45, 7) is 3.13. The largest absolute Gasteiger partial charge is 0.456 e. The van der Waals surface area contributed by atoms with Gasteiger partial charge in [0.15, 0.2) is 12.4 Å². The topological polar surface area (TPSA) is 115 Å². The molecule has 1 aliphatic heterocycles. The van der Waals surface area contributed by atoms with E-state index in [0.717, 1.165) is 46.4 Å². The van der Waals surface area contributed by atoms with E-state index < -0.39 is 23.8 Å². The molecule has 32 heavy (non-hydrogen) atoms. The van der Waals surface area contributed by atoms with Crippen LogP contribution in [0.1, 0.15) is 62.3 Å². The molecule has 2 N–H and O–H groups in total. The normalized spacial score (nSPS) is 16.2. The van der Waals surface area contributed by atoms with E-state index in [0.29, 0.717) is 22.8 Å². The number of carbonyl (C=O) groups excluding carboxylic acids is 3. The van der Waals surface area contributed by atoms with E-state index in [2.05, 4.69) is 9.97 Å². The number of fused-ring (bicyclic) bond motifs is 4. The number of aromatic nitrogens is 2. The summed E-state index contributed by atoms with van der Waals surface area (Å²) in [5.41, 5.74) is 8.91. The summed E-state index contributed by atoms with van der Waals surface area (Å²) in [5, 5.41) is 0.912. The Morgan fingerprint density at radius 3 is 2.75 bits per heavy atom. The lowest BCUT2D eigenvalue weighted by molar-refractivity contribution is -0.149. The van der Waals surface area contributed by atoms with Crippen molar-refractivity contribution in [2.24, 2.45) is 0 Å². The van der Waals surface area contributed by atoms with Gasteiger partial charge in [-0.15, -0.1) is 11.3 Å². The first-order valence-corrected chi connectivity index (χ1v) is 11.4. The van der Waals surface area contributed by atoms with Crippen molar-refractivity contribution in [2.75, 3.05) is 5.73 Å². The zero-order chi connectivity index (χ0) is 22.6. The molecule has 9 heteroatoms. The highest BCUT2D eigenvalue weighted by Crippen LogP contribution is 2.37. The minimum absolute atomic E-state index is 0.186. The van der Waals surface area contributed by atoms with Crippen LogP contribution in [0.25, 0.3) is 10.2 Å². The minimum Gasteiger partial charge on any atom is -0.456 e. The van der Waals surface area contributed by atoms with Gasteiger partial charge in [-0.1, -0.05) is 11.6 Å². The number of hydrogen-bond acceptors (Lipinski definition) is 8. The first kappa shape index (κ1) is 20.6. The van der Waals surface area contributed by atoms with Crippen molar-refractivity contribution >= 4 is 45.2 Å². The van der Waals surface area contributed by atoms with Crippen molar-refractivity contribution < 1.29 is 19.1 Å². The maximum Gasteiger partial charge on any atom is 0.329 e. The smallest absolute Gasteiger partial charge is 0.329 e. The standard InChI is InChI=1S/C23H22N4O4S/c1-11-7-8-13-15(9-11)22(29)27(21(13)28)12(2)23(30)31-10-17-25-19(24)18-14-5-3-4-6-16(14)32-20(18)26-17/h7-9,12H,3-6,10H2,1-2H3,(H2,24,25,26). The molecule has 3 aromatic rings. The number of esters is 1. The molecule has 1 atom stereocenters. The van der Waals surface area contributed by atoms with Crippen LogP contribution in [0.2, 0.25) is 0 Å². The molecule has 8 nitrogen and oxygen atoms in total. The molecule has 2 aromatic heterocycles. The van der Waals surface area contributed by atoms with Crippen molar-refractivity contribution in [3.63, 3.8) is 0 Å². The zero-order valence-electron chi connectivity index (χ0n) is 17.8. The Bertz CT molecular complexity index is 1300.